The van der Waals surface area contributed by atoms with Gasteiger partial charge in [-0.1, -0.05) is 26.3 Å². The van der Waals surface area contributed by atoms with Gasteiger partial charge < -0.3 is 25.2 Å². The summed E-state index contributed by atoms with van der Waals surface area (Å²) in [5, 5.41) is 44.4. The molecule has 0 bridgehead atoms. The van der Waals surface area contributed by atoms with Gasteiger partial charge in [-0.3, -0.25) is 9.59 Å². The first kappa shape index (κ1) is 19.1. The molecular formula is C20H28O7. The van der Waals surface area contributed by atoms with Crippen LogP contribution in [0.25, 0.3) is 0 Å². The first-order valence-corrected chi connectivity index (χ1v) is 9.58. The van der Waals surface area contributed by atoms with E-state index in [1.807, 2.05) is 0 Å². The molecule has 150 valence electrons. The second-order valence-corrected chi connectivity index (χ2v) is 9.46. The predicted octanol–water partition coefficient (Wildman–Crippen LogP) is -0.0569. The van der Waals surface area contributed by atoms with Gasteiger partial charge in [0.2, 0.25) is 0 Å². The SMILES string of the molecule is CC1=CC(=O)C(O)C2(C)C1CC1OC(=O)CC3(O)C(C)C(O)C(O)C2C13C. The van der Waals surface area contributed by atoms with E-state index in [-0.39, 0.29) is 12.3 Å². The number of aliphatic hydroxyl groups is 4. The van der Waals surface area contributed by atoms with Crippen molar-refractivity contribution in [1.82, 2.24) is 0 Å². The third-order valence-corrected chi connectivity index (χ3v) is 8.54. The van der Waals surface area contributed by atoms with Crippen molar-refractivity contribution in [2.45, 2.75) is 70.6 Å². The fourth-order valence-corrected chi connectivity index (χ4v) is 7.00. The van der Waals surface area contributed by atoms with Gasteiger partial charge in [0.15, 0.2) is 5.78 Å². The lowest BCUT2D eigenvalue weighted by Crippen LogP contribution is -2.80. The summed E-state index contributed by atoms with van der Waals surface area (Å²) in [7, 11) is 0. The summed E-state index contributed by atoms with van der Waals surface area (Å²) in [6.07, 6.45) is -3.15. The Kier molecular flexibility index (Phi) is 3.82. The Morgan fingerprint density at radius 1 is 1.15 bits per heavy atom. The van der Waals surface area contributed by atoms with Gasteiger partial charge in [-0.15, -0.1) is 0 Å². The van der Waals surface area contributed by atoms with Gasteiger partial charge in [0.1, 0.15) is 12.2 Å². The Morgan fingerprint density at radius 2 is 1.78 bits per heavy atom. The minimum Gasteiger partial charge on any atom is -0.462 e. The van der Waals surface area contributed by atoms with Gasteiger partial charge in [0, 0.05) is 22.7 Å². The van der Waals surface area contributed by atoms with E-state index in [0.717, 1.165) is 5.57 Å². The monoisotopic (exact) mass is 380 g/mol. The highest BCUT2D eigenvalue weighted by molar-refractivity contribution is 5.96. The maximum atomic E-state index is 12.5. The molecule has 0 amide bonds. The molecule has 0 radical (unpaired) electrons. The molecule has 7 nitrogen and oxygen atoms in total. The van der Waals surface area contributed by atoms with Crippen molar-refractivity contribution in [3.05, 3.63) is 11.6 Å². The minimum absolute atomic E-state index is 0.291. The van der Waals surface area contributed by atoms with Gasteiger partial charge in [0.05, 0.1) is 24.2 Å². The van der Waals surface area contributed by atoms with Crippen LogP contribution in [0.4, 0.5) is 0 Å². The molecule has 0 spiro atoms. The van der Waals surface area contributed by atoms with Crippen LogP contribution in [0.15, 0.2) is 11.6 Å². The van der Waals surface area contributed by atoms with Gasteiger partial charge in [-0.2, -0.15) is 0 Å². The number of ketones is 1. The molecule has 0 aromatic rings. The first-order chi connectivity index (χ1) is 12.4. The van der Waals surface area contributed by atoms with E-state index in [0.29, 0.717) is 6.42 Å². The second kappa shape index (κ2) is 5.41. The zero-order valence-electron chi connectivity index (χ0n) is 16.0. The third kappa shape index (κ3) is 1.96. The van der Waals surface area contributed by atoms with Crippen LogP contribution < -0.4 is 0 Å². The van der Waals surface area contributed by atoms with Crippen LogP contribution in [0.5, 0.6) is 0 Å². The Labute approximate surface area is 158 Å². The van der Waals surface area contributed by atoms with Crippen molar-refractivity contribution in [3.63, 3.8) is 0 Å². The van der Waals surface area contributed by atoms with E-state index < -0.39 is 64.4 Å². The third-order valence-electron chi connectivity index (χ3n) is 8.54. The molecule has 4 N–H and O–H groups in total. The number of ether oxygens (including phenoxy) is 1. The van der Waals surface area contributed by atoms with Crippen molar-refractivity contribution in [2.24, 2.45) is 28.6 Å². The molecule has 0 aromatic heterocycles. The van der Waals surface area contributed by atoms with E-state index in [1.165, 1.54) is 6.08 Å². The number of aliphatic hydroxyl groups excluding tert-OH is 3. The smallest absolute Gasteiger partial charge is 0.309 e. The Balaban J connectivity index is 1.99. The molecule has 2 saturated carbocycles. The average Bonchev–Trinajstić information content (AvgIpc) is 2.58. The number of carbonyl (C=O) groups is 2. The molecule has 0 aromatic carbocycles. The number of fused-ring (bicyclic) bond motifs is 2. The van der Waals surface area contributed by atoms with Crippen molar-refractivity contribution >= 4 is 11.8 Å². The van der Waals surface area contributed by atoms with E-state index in [1.54, 1.807) is 27.7 Å². The molecular weight excluding hydrogens is 352 g/mol. The second-order valence-electron chi connectivity index (χ2n) is 9.46. The van der Waals surface area contributed by atoms with Crippen LogP contribution in [-0.4, -0.2) is 62.2 Å². The molecule has 10 unspecified atom stereocenters. The number of esters is 1. The fraction of sp³-hybridized carbons (Fsp3) is 0.800. The van der Waals surface area contributed by atoms with Gasteiger partial charge in [-0.25, -0.2) is 0 Å². The lowest BCUT2D eigenvalue weighted by Gasteiger charge is -2.71. The molecule has 4 aliphatic rings. The highest BCUT2D eigenvalue weighted by Crippen LogP contribution is 2.69. The molecule has 1 aliphatic heterocycles. The van der Waals surface area contributed by atoms with Crippen molar-refractivity contribution in [2.75, 3.05) is 0 Å². The number of rotatable bonds is 0. The number of carbonyl (C=O) groups excluding carboxylic acids is 2. The fourth-order valence-electron chi connectivity index (χ4n) is 7.00. The first-order valence-electron chi connectivity index (χ1n) is 9.58. The zero-order chi connectivity index (χ0) is 20.1. The van der Waals surface area contributed by atoms with Crippen molar-refractivity contribution in [3.8, 4) is 0 Å². The van der Waals surface area contributed by atoms with Crippen LogP contribution in [0.2, 0.25) is 0 Å². The maximum absolute atomic E-state index is 12.5. The molecule has 4 rings (SSSR count). The highest BCUT2D eigenvalue weighted by Gasteiger charge is 2.77. The number of hydrogen-bond acceptors (Lipinski definition) is 7. The Bertz CT molecular complexity index is 747. The summed E-state index contributed by atoms with van der Waals surface area (Å²) >= 11 is 0. The summed E-state index contributed by atoms with van der Waals surface area (Å²) in [6, 6.07) is 0. The van der Waals surface area contributed by atoms with E-state index in [9.17, 15) is 30.0 Å². The van der Waals surface area contributed by atoms with Crippen molar-refractivity contribution < 1.29 is 34.8 Å². The van der Waals surface area contributed by atoms with Crippen LogP contribution >= 0.6 is 0 Å². The molecule has 10 atom stereocenters. The van der Waals surface area contributed by atoms with E-state index >= 15 is 0 Å². The van der Waals surface area contributed by atoms with Crippen LogP contribution in [-0.2, 0) is 14.3 Å². The predicted molar refractivity (Wildman–Crippen MR) is 93.2 cm³/mol. The van der Waals surface area contributed by atoms with Gasteiger partial charge >= 0.3 is 5.97 Å². The standard InChI is InChI=1S/C20H28O7/c1-8-5-11(21)17(25)18(3)10(8)6-12-19(4)16(18)15(24)14(23)9(2)20(19,26)7-13(22)27-12/h5,9-10,12,14-17,23-26H,6-7H2,1-4H3. The normalized spacial score (nSPS) is 57.3. The average molecular weight is 380 g/mol. The summed E-state index contributed by atoms with van der Waals surface area (Å²) in [6.45, 7) is 6.91. The lowest BCUT2D eigenvalue weighted by atomic mass is 9.37. The highest BCUT2D eigenvalue weighted by atomic mass is 16.6. The molecule has 7 heteroatoms. The summed E-state index contributed by atoms with van der Waals surface area (Å²) in [5.74, 6) is -2.89. The topological polar surface area (TPSA) is 124 Å². The van der Waals surface area contributed by atoms with Crippen molar-refractivity contribution in [1.29, 1.82) is 0 Å². The summed E-state index contributed by atoms with van der Waals surface area (Å²) < 4.78 is 5.65. The molecule has 1 heterocycles. The Hall–Kier alpha value is -1.28. The van der Waals surface area contributed by atoms with E-state index in [2.05, 4.69) is 0 Å². The quantitative estimate of drug-likeness (QED) is 0.434. The largest absolute Gasteiger partial charge is 0.462 e. The summed E-state index contributed by atoms with van der Waals surface area (Å²) in [5.41, 5.74) is -3.06. The molecule has 3 aliphatic carbocycles. The van der Waals surface area contributed by atoms with Crippen LogP contribution in [0, 0.1) is 28.6 Å². The number of allylic oxidation sites excluding steroid dienone is 1. The van der Waals surface area contributed by atoms with Crippen LogP contribution in [0.3, 0.4) is 0 Å². The lowest BCUT2D eigenvalue weighted by molar-refractivity contribution is -0.336. The van der Waals surface area contributed by atoms with Crippen LogP contribution in [0.1, 0.15) is 40.5 Å². The molecule has 1 saturated heterocycles. The maximum Gasteiger partial charge on any atom is 0.309 e. The molecule has 3 fully saturated rings. The molecule has 27 heavy (non-hydrogen) atoms. The number of hydrogen-bond donors (Lipinski definition) is 4. The van der Waals surface area contributed by atoms with Gasteiger partial charge in [0.25, 0.3) is 0 Å². The van der Waals surface area contributed by atoms with Gasteiger partial charge in [-0.05, 0) is 25.3 Å². The summed E-state index contributed by atoms with van der Waals surface area (Å²) in [4.78, 5) is 24.7. The minimum atomic E-state index is -1.61. The Morgan fingerprint density at radius 3 is 2.41 bits per heavy atom. The van der Waals surface area contributed by atoms with E-state index in [4.69, 9.17) is 4.74 Å². The zero-order valence-corrected chi connectivity index (χ0v) is 16.0.